The first-order valence-corrected chi connectivity index (χ1v) is 4.07. The quantitative estimate of drug-likeness (QED) is 0.512. The fourth-order valence-corrected chi connectivity index (χ4v) is 1.10. The Kier molecular flexibility index (Phi) is 3.03. The van der Waals surface area contributed by atoms with Crippen LogP contribution in [0.2, 0.25) is 0 Å². The molecular weight excluding hydrogens is 151 g/mol. The average molecular weight is 164 g/mol. The number of allylic oxidation sites excluding steroid dienone is 8. The fraction of sp³-hybridized carbons (Fsp3) is 0.273. The van der Waals surface area contributed by atoms with Crippen LogP contribution in [0.15, 0.2) is 47.4 Å². The number of rotatable bonds is 0. The Morgan fingerprint density at radius 1 is 1.08 bits per heavy atom. The predicted molar refractivity (Wildman–Crippen MR) is 50.5 cm³/mol. The second-order valence-corrected chi connectivity index (χ2v) is 2.99. The summed E-state index contributed by atoms with van der Waals surface area (Å²) in [5.74, 6) is -0.159. The first kappa shape index (κ1) is 8.98. The Morgan fingerprint density at radius 3 is 2.58 bits per heavy atom. The molecule has 0 N–H and O–H groups in total. The minimum Gasteiger partial charge on any atom is -0.207 e. The summed E-state index contributed by atoms with van der Waals surface area (Å²) >= 11 is 0. The Hall–Kier alpha value is -1.11. The Labute approximate surface area is 72.8 Å². The average Bonchev–Trinajstić information content (AvgIpc) is 2.05. The number of halogens is 1. The van der Waals surface area contributed by atoms with Gasteiger partial charge in [0.25, 0.3) is 0 Å². The van der Waals surface area contributed by atoms with Crippen molar-refractivity contribution in [3.05, 3.63) is 47.4 Å². The number of hydrogen-bond acceptors (Lipinski definition) is 0. The Morgan fingerprint density at radius 2 is 1.83 bits per heavy atom. The van der Waals surface area contributed by atoms with Gasteiger partial charge in [-0.25, -0.2) is 4.39 Å². The molecule has 0 fully saturated rings. The summed E-state index contributed by atoms with van der Waals surface area (Å²) in [6, 6.07) is 0. The lowest BCUT2D eigenvalue weighted by Crippen LogP contribution is -1.71. The van der Waals surface area contributed by atoms with Crippen molar-refractivity contribution in [2.75, 3.05) is 0 Å². The van der Waals surface area contributed by atoms with Crippen molar-refractivity contribution in [3.8, 4) is 0 Å². The maximum atomic E-state index is 12.8. The Bertz CT molecular complexity index is 277. The first-order valence-electron chi connectivity index (χ1n) is 4.07. The topological polar surface area (TPSA) is 0 Å². The third kappa shape index (κ3) is 2.87. The highest BCUT2D eigenvalue weighted by Gasteiger charge is 1.91. The van der Waals surface area contributed by atoms with Gasteiger partial charge in [0.2, 0.25) is 0 Å². The van der Waals surface area contributed by atoms with Crippen LogP contribution in [0.25, 0.3) is 0 Å². The van der Waals surface area contributed by atoms with Crippen LogP contribution in [0.4, 0.5) is 4.39 Å². The van der Waals surface area contributed by atoms with E-state index in [-0.39, 0.29) is 5.83 Å². The van der Waals surface area contributed by atoms with Gasteiger partial charge in [-0.15, -0.1) is 0 Å². The third-order valence-corrected chi connectivity index (χ3v) is 1.71. The molecule has 0 unspecified atom stereocenters. The monoisotopic (exact) mass is 164 g/mol. The molecule has 0 radical (unpaired) electrons. The molecule has 0 atom stereocenters. The maximum absolute atomic E-state index is 12.8. The normalized spacial score (nSPS) is 25.4. The van der Waals surface area contributed by atoms with E-state index in [4.69, 9.17) is 0 Å². The van der Waals surface area contributed by atoms with Gasteiger partial charge in [0, 0.05) is 0 Å². The molecule has 64 valence electrons. The van der Waals surface area contributed by atoms with Crippen molar-refractivity contribution >= 4 is 0 Å². The lowest BCUT2D eigenvalue weighted by atomic mass is 10.1. The highest BCUT2D eigenvalue weighted by molar-refractivity contribution is 5.32. The van der Waals surface area contributed by atoms with E-state index in [0.717, 1.165) is 5.57 Å². The summed E-state index contributed by atoms with van der Waals surface area (Å²) < 4.78 is 12.8. The zero-order valence-electron chi connectivity index (χ0n) is 7.47. The van der Waals surface area contributed by atoms with Crippen molar-refractivity contribution in [1.82, 2.24) is 0 Å². The van der Waals surface area contributed by atoms with Crippen LogP contribution in [0.5, 0.6) is 0 Å². The molecule has 0 bridgehead atoms. The lowest BCUT2D eigenvalue weighted by Gasteiger charge is -1.91. The summed E-state index contributed by atoms with van der Waals surface area (Å²) in [5.41, 5.74) is 2.26. The van der Waals surface area contributed by atoms with Gasteiger partial charge in [-0.1, -0.05) is 29.4 Å². The standard InChI is InChI=1S/C11H13F/c1-9-4-3-5-11(12)7-6-10(2)8-9/h4-8H,3H2,1-2H3/b7-6+,9-4?,10-8?,11-5+. The second kappa shape index (κ2) is 4.05. The van der Waals surface area contributed by atoms with Crippen LogP contribution in [0.1, 0.15) is 20.3 Å². The molecular formula is C11H13F. The van der Waals surface area contributed by atoms with Crippen molar-refractivity contribution in [3.63, 3.8) is 0 Å². The van der Waals surface area contributed by atoms with Gasteiger partial charge < -0.3 is 0 Å². The van der Waals surface area contributed by atoms with E-state index in [9.17, 15) is 4.39 Å². The summed E-state index contributed by atoms with van der Waals surface area (Å²) in [6.45, 7) is 3.99. The molecule has 0 saturated heterocycles. The molecule has 1 aliphatic carbocycles. The second-order valence-electron chi connectivity index (χ2n) is 2.99. The summed E-state index contributed by atoms with van der Waals surface area (Å²) in [6.07, 6.45) is 9.59. The van der Waals surface area contributed by atoms with Crippen LogP contribution in [-0.4, -0.2) is 0 Å². The fourth-order valence-electron chi connectivity index (χ4n) is 1.10. The molecule has 0 nitrogen and oxygen atoms in total. The largest absolute Gasteiger partial charge is 0.207 e. The van der Waals surface area contributed by atoms with E-state index in [0.29, 0.717) is 6.42 Å². The smallest absolute Gasteiger partial charge is 0.119 e. The highest BCUT2D eigenvalue weighted by atomic mass is 19.1. The molecule has 0 saturated carbocycles. The van der Waals surface area contributed by atoms with Gasteiger partial charge in [0.15, 0.2) is 0 Å². The zero-order chi connectivity index (χ0) is 8.97. The molecule has 0 heterocycles. The van der Waals surface area contributed by atoms with Crippen molar-refractivity contribution in [2.45, 2.75) is 20.3 Å². The van der Waals surface area contributed by atoms with E-state index in [1.54, 1.807) is 12.2 Å². The molecule has 0 spiro atoms. The molecule has 1 heteroatoms. The molecule has 0 amide bonds. The first-order chi connectivity index (χ1) is 5.68. The van der Waals surface area contributed by atoms with E-state index >= 15 is 0 Å². The van der Waals surface area contributed by atoms with Crippen LogP contribution in [0, 0.1) is 0 Å². The van der Waals surface area contributed by atoms with Crippen LogP contribution < -0.4 is 0 Å². The Balaban J connectivity index is 2.94. The van der Waals surface area contributed by atoms with Gasteiger partial charge >= 0.3 is 0 Å². The third-order valence-electron chi connectivity index (χ3n) is 1.71. The molecule has 1 rings (SSSR count). The van der Waals surface area contributed by atoms with Gasteiger partial charge in [-0.2, -0.15) is 0 Å². The van der Waals surface area contributed by atoms with Crippen LogP contribution in [0.3, 0.4) is 0 Å². The van der Waals surface area contributed by atoms with E-state index in [1.165, 1.54) is 11.6 Å². The summed E-state index contributed by atoms with van der Waals surface area (Å²) in [4.78, 5) is 0. The highest BCUT2D eigenvalue weighted by Crippen LogP contribution is 2.11. The predicted octanol–water partition coefficient (Wildman–Crippen LogP) is 3.69. The molecule has 0 aromatic carbocycles. The molecule has 12 heavy (non-hydrogen) atoms. The van der Waals surface area contributed by atoms with Crippen molar-refractivity contribution < 1.29 is 4.39 Å². The van der Waals surface area contributed by atoms with E-state index in [2.05, 4.69) is 0 Å². The van der Waals surface area contributed by atoms with Gasteiger partial charge in [-0.05, 0) is 32.4 Å². The minimum absolute atomic E-state index is 0.159. The van der Waals surface area contributed by atoms with Crippen molar-refractivity contribution in [1.29, 1.82) is 0 Å². The molecule has 0 aliphatic heterocycles. The van der Waals surface area contributed by atoms with Gasteiger partial charge in [0.1, 0.15) is 5.83 Å². The molecule has 0 aromatic rings. The zero-order valence-corrected chi connectivity index (χ0v) is 7.47. The van der Waals surface area contributed by atoms with Crippen molar-refractivity contribution in [2.24, 2.45) is 0 Å². The van der Waals surface area contributed by atoms with E-state index < -0.39 is 0 Å². The minimum atomic E-state index is -0.159. The summed E-state index contributed by atoms with van der Waals surface area (Å²) in [7, 11) is 0. The molecule has 0 aromatic heterocycles. The maximum Gasteiger partial charge on any atom is 0.119 e. The van der Waals surface area contributed by atoms with Crippen LogP contribution >= 0.6 is 0 Å². The van der Waals surface area contributed by atoms with Gasteiger partial charge in [-0.3, -0.25) is 0 Å². The number of hydrogen-bond donors (Lipinski definition) is 0. The van der Waals surface area contributed by atoms with Gasteiger partial charge in [0.05, 0.1) is 0 Å². The lowest BCUT2D eigenvalue weighted by molar-refractivity contribution is 0.662. The van der Waals surface area contributed by atoms with Crippen LogP contribution in [-0.2, 0) is 0 Å². The summed E-state index contributed by atoms with van der Waals surface area (Å²) in [5, 5.41) is 0. The molecule has 1 aliphatic rings. The van der Waals surface area contributed by atoms with E-state index in [1.807, 2.05) is 26.0 Å². The SMILES string of the molecule is CC1=CC/C=C(F)\C=C\C(C)=C1.